The first kappa shape index (κ1) is 17.2. The molecule has 0 radical (unpaired) electrons. The van der Waals surface area contributed by atoms with Crippen molar-refractivity contribution in [1.29, 1.82) is 0 Å². The summed E-state index contributed by atoms with van der Waals surface area (Å²) in [6, 6.07) is 13.0. The van der Waals surface area contributed by atoms with Crippen molar-refractivity contribution in [2.75, 3.05) is 6.61 Å². The summed E-state index contributed by atoms with van der Waals surface area (Å²) in [6.45, 7) is 3.04. The van der Waals surface area contributed by atoms with E-state index in [1.807, 2.05) is 6.20 Å². The molecule has 1 unspecified atom stereocenters. The molecule has 0 amide bonds. The lowest BCUT2D eigenvalue weighted by molar-refractivity contribution is -0.0366. The van der Waals surface area contributed by atoms with Crippen LogP contribution in [0.15, 0.2) is 48.8 Å². The van der Waals surface area contributed by atoms with E-state index in [0.29, 0.717) is 5.92 Å². The summed E-state index contributed by atoms with van der Waals surface area (Å²) in [6.07, 6.45) is 10.1. The van der Waals surface area contributed by atoms with Crippen LogP contribution in [0.5, 0.6) is 0 Å². The average Bonchev–Trinajstić information content (AvgIpc) is 3.52. The summed E-state index contributed by atoms with van der Waals surface area (Å²) < 4.78 is 8.13. The van der Waals surface area contributed by atoms with Gasteiger partial charge in [0, 0.05) is 23.6 Å². The number of rotatable bonds is 3. The zero-order valence-corrected chi connectivity index (χ0v) is 16.8. The van der Waals surface area contributed by atoms with Gasteiger partial charge in [0.25, 0.3) is 0 Å². The molecule has 4 nitrogen and oxygen atoms in total. The minimum atomic E-state index is 0.0499. The van der Waals surface area contributed by atoms with Crippen molar-refractivity contribution in [3.63, 3.8) is 0 Å². The van der Waals surface area contributed by atoms with Crippen LogP contribution in [-0.2, 0) is 4.74 Å². The van der Waals surface area contributed by atoms with E-state index in [-0.39, 0.29) is 6.23 Å². The Morgan fingerprint density at radius 1 is 0.931 bits per heavy atom. The zero-order chi connectivity index (χ0) is 19.4. The molecule has 1 saturated heterocycles. The summed E-state index contributed by atoms with van der Waals surface area (Å²) in [5.41, 5.74) is 7.57. The number of fused-ring (bicyclic) bond motifs is 2. The van der Waals surface area contributed by atoms with Crippen molar-refractivity contribution in [2.45, 2.75) is 51.2 Å². The number of pyridine rings is 1. The Balaban J connectivity index is 1.63. The Kier molecular flexibility index (Phi) is 3.95. The second-order valence-electron chi connectivity index (χ2n) is 8.48. The molecule has 4 aromatic rings. The minimum Gasteiger partial charge on any atom is -0.356 e. The minimum absolute atomic E-state index is 0.0499. The molecule has 3 heterocycles. The molecule has 4 heteroatoms. The summed E-state index contributed by atoms with van der Waals surface area (Å²) in [5, 5.41) is 7.26. The molecule has 1 aliphatic carbocycles. The monoisotopic (exact) mass is 383 g/mol. The highest BCUT2D eigenvalue weighted by Gasteiger charge is 2.29. The van der Waals surface area contributed by atoms with Crippen LogP contribution in [0.3, 0.4) is 0 Å². The average molecular weight is 383 g/mol. The summed E-state index contributed by atoms with van der Waals surface area (Å²) in [7, 11) is 0. The fourth-order valence-corrected chi connectivity index (χ4v) is 4.85. The number of aromatic nitrogens is 3. The van der Waals surface area contributed by atoms with Crippen LogP contribution >= 0.6 is 0 Å². The predicted octanol–water partition coefficient (Wildman–Crippen LogP) is 6.14. The Morgan fingerprint density at radius 2 is 1.83 bits per heavy atom. The fourth-order valence-electron chi connectivity index (χ4n) is 4.85. The van der Waals surface area contributed by atoms with Gasteiger partial charge in [0.1, 0.15) is 0 Å². The van der Waals surface area contributed by atoms with Gasteiger partial charge in [-0.05, 0) is 79.3 Å². The molecule has 0 N–H and O–H groups in total. The smallest absolute Gasteiger partial charge is 0.150 e. The number of aryl methyl sites for hydroxylation is 1. The van der Waals surface area contributed by atoms with Gasteiger partial charge in [-0.15, -0.1) is 0 Å². The van der Waals surface area contributed by atoms with Crippen molar-refractivity contribution >= 4 is 21.8 Å². The molecule has 6 rings (SSSR count). The van der Waals surface area contributed by atoms with Crippen molar-refractivity contribution in [3.05, 3.63) is 59.9 Å². The van der Waals surface area contributed by atoms with Gasteiger partial charge in [0.05, 0.1) is 17.2 Å². The van der Waals surface area contributed by atoms with Gasteiger partial charge in [-0.3, -0.25) is 4.98 Å². The first-order chi connectivity index (χ1) is 14.3. The van der Waals surface area contributed by atoms with Crippen LogP contribution in [-0.4, -0.2) is 21.4 Å². The SMILES string of the molecule is Cc1ccc2c(cnn2C2CCCCO2)c1-c1c(C2CC2)cnc2ccccc12. The highest BCUT2D eigenvalue weighted by molar-refractivity contribution is 6.06. The maximum atomic E-state index is 6.04. The van der Waals surface area contributed by atoms with Crippen molar-refractivity contribution in [1.82, 2.24) is 14.8 Å². The highest BCUT2D eigenvalue weighted by Crippen LogP contribution is 2.48. The molecule has 0 spiro atoms. The molecule has 1 atom stereocenters. The van der Waals surface area contributed by atoms with Gasteiger partial charge >= 0.3 is 0 Å². The van der Waals surface area contributed by atoms with Crippen LogP contribution in [0.2, 0.25) is 0 Å². The van der Waals surface area contributed by atoms with Crippen molar-refractivity contribution < 1.29 is 4.74 Å². The first-order valence-corrected chi connectivity index (χ1v) is 10.8. The van der Waals surface area contributed by atoms with E-state index < -0.39 is 0 Å². The molecule has 1 aliphatic heterocycles. The largest absolute Gasteiger partial charge is 0.356 e. The Bertz CT molecular complexity index is 1220. The number of para-hydroxylation sites is 1. The predicted molar refractivity (Wildman–Crippen MR) is 116 cm³/mol. The standard InChI is InChI=1S/C25H25N3O/c1-16-9-12-22-20(15-27-28(22)23-8-4-5-13-29-23)24(16)25-18-6-2-3-7-21(18)26-14-19(25)17-10-11-17/h2-3,6-7,9,12,14-15,17,23H,4-5,8,10-11,13H2,1H3. The third-order valence-electron chi connectivity index (χ3n) is 6.49. The van der Waals surface area contributed by atoms with Crippen LogP contribution in [0.1, 0.15) is 55.4 Å². The quantitative estimate of drug-likeness (QED) is 0.427. The topological polar surface area (TPSA) is 39.9 Å². The van der Waals surface area contributed by atoms with Gasteiger partial charge in [0.15, 0.2) is 6.23 Å². The molecule has 146 valence electrons. The van der Waals surface area contributed by atoms with E-state index in [1.54, 1.807) is 0 Å². The summed E-state index contributed by atoms with van der Waals surface area (Å²) in [4.78, 5) is 4.78. The van der Waals surface area contributed by atoms with E-state index in [4.69, 9.17) is 14.8 Å². The van der Waals surface area contributed by atoms with E-state index >= 15 is 0 Å². The number of ether oxygens (including phenoxy) is 1. The van der Waals surface area contributed by atoms with Gasteiger partial charge in [-0.1, -0.05) is 24.3 Å². The highest BCUT2D eigenvalue weighted by atomic mass is 16.5. The number of hydrogen-bond acceptors (Lipinski definition) is 3. The second-order valence-corrected chi connectivity index (χ2v) is 8.48. The van der Waals surface area contributed by atoms with Crippen LogP contribution in [0.4, 0.5) is 0 Å². The molecular weight excluding hydrogens is 358 g/mol. The van der Waals surface area contributed by atoms with Crippen molar-refractivity contribution in [2.24, 2.45) is 0 Å². The number of hydrogen-bond donors (Lipinski definition) is 0. The molecule has 2 aliphatic rings. The molecule has 2 aromatic heterocycles. The van der Waals surface area contributed by atoms with Crippen molar-refractivity contribution in [3.8, 4) is 11.1 Å². The van der Waals surface area contributed by atoms with Gasteiger partial charge < -0.3 is 4.74 Å². The Labute approximate surface area is 170 Å². The number of benzene rings is 2. The summed E-state index contributed by atoms with van der Waals surface area (Å²) in [5.74, 6) is 0.633. The maximum absolute atomic E-state index is 6.04. The molecule has 29 heavy (non-hydrogen) atoms. The van der Waals surface area contributed by atoms with Crippen LogP contribution in [0, 0.1) is 6.92 Å². The third kappa shape index (κ3) is 2.77. The van der Waals surface area contributed by atoms with E-state index in [0.717, 1.165) is 25.0 Å². The Hall–Kier alpha value is -2.72. The van der Waals surface area contributed by atoms with E-state index in [9.17, 15) is 0 Å². The lowest BCUT2D eigenvalue weighted by atomic mass is 9.89. The lowest BCUT2D eigenvalue weighted by Gasteiger charge is -2.23. The molecule has 1 saturated carbocycles. The van der Waals surface area contributed by atoms with Gasteiger partial charge in [-0.2, -0.15) is 5.10 Å². The molecular formula is C25H25N3O. The van der Waals surface area contributed by atoms with Gasteiger partial charge in [-0.25, -0.2) is 4.68 Å². The second kappa shape index (κ2) is 6.67. The van der Waals surface area contributed by atoms with Crippen LogP contribution in [0.25, 0.3) is 32.9 Å². The van der Waals surface area contributed by atoms with E-state index in [1.165, 1.54) is 57.8 Å². The van der Waals surface area contributed by atoms with Gasteiger partial charge in [0.2, 0.25) is 0 Å². The molecule has 2 aromatic carbocycles. The normalized spacial score (nSPS) is 19.8. The maximum Gasteiger partial charge on any atom is 0.150 e. The molecule has 2 fully saturated rings. The molecule has 0 bridgehead atoms. The third-order valence-corrected chi connectivity index (χ3v) is 6.49. The van der Waals surface area contributed by atoms with E-state index in [2.05, 4.69) is 54.2 Å². The number of nitrogens with zero attached hydrogens (tertiary/aromatic N) is 3. The summed E-state index contributed by atoms with van der Waals surface area (Å²) >= 11 is 0. The first-order valence-electron chi connectivity index (χ1n) is 10.8. The zero-order valence-electron chi connectivity index (χ0n) is 16.8. The fraction of sp³-hybridized carbons (Fsp3) is 0.360. The van der Waals surface area contributed by atoms with Crippen LogP contribution < -0.4 is 0 Å². The lowest BCUT2D eigenvalue weighted by Crippen LogP contribution is -2.18. The Morgan fingerprint density at radius 3 is 2.66 bits per heavy atom.